The molecule has 0 bridgehead atoms. The minimum atomic E-state index is -1.68. The average molecular weight is 270 g/mol. The van der Waals surface area contributed by atoms with Crippen LogP contribution in [0.25, 0.3) is 0 Å². The molecule has 1 aromatic carbocycles. The van der Waals surface area contributed by atoms with Gasteiger partial charge in [0, 0.05) is 6.92 Å². The third-order valence-electron chi connectivity index (χ3n) is 1.76. The Morgan fingerprint density at radius 1 is 0.889 bits per heavy atom. The molecule has 0 radical (unpaired) electrons. The van der Waals surface area contributed by atoms with Crippen molar-refractivity contribution in [3.63, 3.8) is 0 Å². The molecule has 0 saturated heterocycles. The van der Waals surface area contributed by atoms with Crippen LogP contribution < -0.4 is 0 Å². The number of aliphatic hydroxyl groups excluding tert-OH is 2. The Balaban J connectivity index is 0.000000631. The van der Waals surface area contributed by atoms with Crippen LogP contribution in [0.15, 0.2) is 0 Å². The first-order chi connectivity index (χ1) is 8.27. The van der Waals surface area contributed by atoms with Gasteiger partial charge in [-0.15, -0.1) is 0 Å². The van der Waals surface area contributed by atoms with E-state index in [0.717, 1.165) is 6.92 Å². The van der Waals surface area contributed by atoms with Crippen molar-refractivity contribution in [2.75, 3.05) is 0 Å². The van der Waals surface area contributed by atoms with Gasteiger partial charge >= 0.3 is 0 Å². The van der Waals surface area contributed by atoms with Crippen LogP contribution in [-0.4, -0.2) is 21.3 Å². The third kappa shape index (κ3) is 3.67. The number of hydrogen-bond acceptors (Lipinski definition) is 3. The Morgan fingerprint density at radius 2 is 1.06 bits per heavy atom. The molecular weight excluding hydrogens is 260 g/mol. The molecule has 0 saturated carbocycles. The molecule has 0 atom stereocenters. The van der Waals surface area contributed by atoms with Crippen LogP contribution in [0.1, 0.15) is 18.1 Å². The summed E-state index contributed by atoms with van der Waals surface area (Å²) in [5, 5.41) is 24.3. The van der Waals surface area contributed by atoms with E-state index in [2.05, 4.69) is 0 Å². The number of benzene rings is 1. The molecule has 0 spiro atoms. The van der Waals surface area contributed by atoms with Crippen molar-refractivity contribution in [1.29, 1.82) is 0 Å². The van der Waals surface area contributed by atoms with Gasteiger partial charge in [-0.3, -0.25) is 4.79 Å². The van der Waals surface area contributed by atoms with E-state index in [4.69, 9.17) is 20.1 Å². The predicted molar refractivity (Wildman–Crippen MR) is 51.4 cm³/mol. The summed E-state index contributed by atoms with van der Waals surface area (Å²) in [6.07, 6.45) is 0. The standard InChI is InChI=1S/C8H6F4O2.C2H4O2/c9-5-3(1-13)6(10)8(12)4(2-14)7(5)11;1-2(3)4/h13-14H,1-2H2;1H3,(H,3,4). The van der Waals surface area contributed by atoms with Crippen molar-refractivity contribution in [3.05, 3.63) is 34.4 Å². The van der Waals surface area contributed by atoms with Crippen LogP contribution in [0.3, 0.4) is 0 Å². The average Bonchev–Trinajstić information content (AvgIpc) is 2.27. The largest absolute Gasteiger partial charge is 0.481 e. The molecule has 0 heterocycles. The molecule has 3 N–H and O–H groups in total. The quantitative estimate of drug-likeness (QED) is 0.559. The van der Waals surface area contributed by atoms with Crippen molar-refractivity contribution in [3.8, 4) is 0 Å². The van der Waals surface area contributed by atoms with Crippen LogP contribution >= 0.6 is 0 Å². The van der Waals surface area contributed by atoms with E-state index in [1.807, 2.05) is 0 Å². The summed E-state index contributed by atoms with van der Waals surface area (Å²) >= 11 is 0. The van der Waals surface area contributed by atoms with Crippen molar-refractivity contribution in [2.24, 2.45) is 0 Å². The fourth-order valence-electron chi connectivity index (χ4n) is 1.00. The molecule has 1 aromatic rings. The van der Waals surface area contributed by atoms with Gasteiger partial charge in [-0.05, 0) is 0 Å². The Bertz CT molecular complexity index is 380. The second-order valence-electron chi connectivity index (χ2n) is 3.05. The zero-order valence-corrected chi connectivity index (χ0v) is 9.18. The van der Waals surface area contributed by atoms with Crippen molar-refractivity contribution >= 4 is 5.97 Å². The molecule has 0 aliphatic carbocycles. The van der Waals surface area contributed by atoms with Crippen LogP contribution in [0.4, 0.5) is 17.6 Å². The lowest BCUT2D eigenvalue weighted by molar-refractivity contribution is -0.134. The zero-order chi connectivity index (χ0) is 14.5. The number of rotatable bonds is 2. The van der Waals surface area contributed by atoms with Crippen molar-refractivity contribution in [1.82, 2.24) is 0 Å². The molecule has 18 heavy (non-hydrogen) atoms. The highest BCUT2D eigenvalue weighted by Crippen LogP contribution is 2.23. The maximum Gasteiger partial charge on any atom is 0.300 e. The molecule has 1 rings (SSSR count). The SMILES string of the molecule is CC(=O)O.OCc1c(F)c(F)c(CO)c(F)c1F. The number of hydrogen-bond donors (Lipinski definition) is 3. The van der Waals surface area contributed by atoms with Gasteiger partial charge in [-0.25, -0.2) is 17.6 Å². The first-order valence-corrected chi connectivity index (χ1v) is 4.52. The monoisotopic (exact) mass is 270 g/mol. The van der Waals surface area contributed by atoms with E-state index in [-0.39, 0.29) is 0 Å². The number of halogens is 4. The van der Waals surface area contributed by atoms with Crippen molar-refractivity contribution in [2.45, 2.75) is 20.1 Å². The zero-order valence-electron chi connectivity index (χ0n) is 9.18. The molecular formula is C10H10F4O4. The molecule has 0 unspecified atom stereocenters. The van der Waals surface area contributed by atoms with Gasteiger partial charge < -0.3 is 15.3 Å². The van der Waals surface area contributed by atoms with E-state index in [9.17, 15) is 17.6 Å². The predicted octanol–water partition coefficient (Wildman–Crippen LogP) is 1.32. The fourth-order valence-corrected chi connectivity index (χ4v) is 1.00. The molecule has 0 aromatic heterocycles. The summed E-state index contributed by atoms with van der Waals surface area (Å²) in [7, 11) is 0. The van der Waals surface area contributed by atoms with Gasteiger partial charge in [-0.1, -0.05) is 0 Å². The summed E-state index contributed by atoms with van der Waals surface area (Å²) in [6.45, 7) is -1.23. The maximum absolute atomic E-state index is 12.8. The van der Waals surface area contributed by atoms with E-state index in [1.165, 1.54) is 0 Å². The highest BCUT2D eigenvalue weighted by atomic mass is 19.2. The van der Waals surface area contributed by atoms with Crippen LogP contribution in [0.2, 0.25) is 0 Å². The minimum Gasteiger partial charge on any atom is -0.481 e. The van der Waals surface area contributed by atoms with E-state index in [0.29, 0.717) is 0 Å². The summed E-state index contributed by atoms with van der Waals surface area (Å²) < 4.78 is 51.4. The van der Waals surface area contributed by atoms with Crippen molar-refractivity contribution < 1.29 is 37.7 Å². The normalized spacial score (nSPS) is 9.72. The molecule has 4 nitrogen and oxygen atoms in total. The Kier molecular flexibility index (Phi) is 6.28. The molecule has 102 valence electrons. The molecule has 0 aliphatic rings. The lowest BCUT2D eigenvalue weighted by Crippen LogP contribution is -2.08. The molecule has 0 amide bonds. The summed E-state index contributed by atoms with van der Waals surface area (Å²) in [6, 6.07) is 0. The summed E-state index contributed by atoms with van der Waals surface area (Å²) in [4.78, 5) is 9.00. The topological polar surface area (TPSA) is 77.8 Å². The van der Waals surface area contributed by atoms with E-state index >= 15 is 0 Å². The second-order valence-corrected chi connectivity index (χ2v) is 3.05. The van der Waals surface area contributed by atoms with Gasteiger partial charge in [0.05, 0.1) is 24.3 Å². The Hall–Kier alpha value is -1.67. The number of aliphatic carboxylic acids is 1. The fraction of sp³-hybridized carbons (Fsp3) is 0.300. The van der Waals surface area contributed by atoms with Crippen LogP contribution in [0.5, 0.6) is 0 Å². The van der Waals surface area contributed by atoms with E-state index < -0.39 is 53.6 Å². The number of carbonyl (C=O) groups is 1. The first-order valence-electron chi connectivity index (χ1n) is 4.52. The second kappa shape index (κ2) is 6.92. The van der Waals surface area contributed by atoms with Gasteiger partial charge in [-0.2, -0.15) is 0 Å². The Morgan fingerprint density at radius 3 is 1.17 bits per heavy atom. The lowest BCUT2D eigenvalue weighted by atomic mass is 10.1. The highest BCUT2D eigenvalue weighted by Gasteiger charge is 2.23. The summed E-state index contributed by atoms with van der Waals surface area (Å²) in [5.41, 5.74) is -2.17. The number of carboxylic acid groups (broad SMARTS) is 1. The minimum absolute atomic E-state index is 0.833. The molecule has 0 aliphatic heterocycles. The summed E-state index contributed by atoms with van der Waals surface area (Å²) in [5.74, 6) is -7.57. The van der Waals surface area contributed by atoms with Crippen LogP contribution in [-0.2, 0) is 18.0 Å². The molecule has 8 heteroatoms. The number of aliphatic hydroxyl groups is 2. The maximum atomic E-state index is 12.8. The lowest BCUT2D eigenvalue weighted by Gasteiger charge is -2.08. The van der Waals surface area contributed by atoms with Crippen LogP contribution in [0, 0.1) is 23.3 Å². The number of carboxylic acids is 1. The van der Waals surface area contributed by atoms with E-state index in [1.54, 1.807) is 0 Å². The first kappa shape index (κ1) is 16.3. The van der Waals surface area contributed by atoms with Gasteiger partial charge in [0.1, 0.15) is 0 Å². The highest BCUT2D eigenvalue weighted by molar-refractivity contribution is 5.62. The van der Waals surface area contributed by atoms with Gasteiger partial charge in [0.2, 0.25) is 0 Å². The van der Waals surface area contributed by atoms with Gasteiger partial charge in [0.25, 0.3) is 5.97 Å². The third-order valence-corrected chi connectivity index (χ3v) is 1.76. The smallest absolute Gasteiger partial charge is 0.300 e. The Labute approximate surface area is 99.1 Å². The molecule has 0 fully saturated rings. The van der Waals surface area contributed by atoms with Gasteiger partial charge in [0.15, 0.2) is 23.3 Å².